The number of aryl methyl sites for hydroxylation is 1. The van der Waals surface area contributed by atoms with Gasteiger partial charge in [0.25, 0.3) is 10.0 Å². The van der Waals surface area contributed by atoms with Crippen LogP contribution in [0.25, 0.3) is 0 Å². The van der Waals surface area contributed by atoms with Gasteiger partial charge in [0.1, 0.15) is 0 Å². The van der Waals surface area contributed by atoms with E-state index in [0.29, 0.717) is 17.7 Å². The van der Waals surface area contributed by atoms with Gasteiger partial charge in [-0.15, -0.1) is 3.77 Å². The minimum absolute atomic E-state index is 0.00684. The minimum atomic E-state index is -4.12. The molecular formula is C20H25NO4S2. The van der Waals surface area contributed by atoms with Crippen LogP contribution in [0.1, 0.15) is 37.7 Å². The monoisotopic (exact) mass is 407 g/mol. The Labute approximate surface area is 161 Å². The number of hydrogen-bond donors (Lipinski definition) is 1. The summed E-state index contributed by atoms with van der Waals surface area (Å²) in [6.45, 7) is 1.86. The zero-order chi connectivity index (χ0) is 19.5. The van der Waals surface area contributed by atoms with E-state index in [1.807, 2.05) is 6.92 Å². The van der Waals surface area contributed by atoms with Crippen LogP contribution in [-0.4, -0.2) is 29.1 Å². The molecule has 3 rings (SSSR count). The molecule has 2 aromatic rings. The van der Waals surface area contributed by atoms with E-state index in [2.05, 4.69) is 3.77 Å². The summed E-state index contributed by atoms with van der Waals surface area (Å²) < 4.78 is 43.4. The Kier molecular flexibility index (Phi) is 5.74. The Morgan fingerprint density at radius 2 is 1.48 bits per heavy atom. The van der Waals surface area contributed by atoms with E-state index >= 15 is 0 Å². The minimum Gasteiger partial charge on any atom is -0.389 e. The maximum Gasteiger partial charge on any atom is 0.290 e. The number of sulfonamides is 1. The molecule has 1 fully saturated rings. The van der Waals surface area contributed by atoms with Gasteiger partial charge in [-0.3, -0.25) is 0 Å². The van der Waals surface area contributed by atoms with Crippen LogP contribution in [0.5, 0.6) is 0 Å². The third kappa shape index (κ3) is 4.78. The molecule has 5 nitrogen and oxygen atoms in total. The van der Waals surface area contributed by atoms with Crippen LogP contribution in [0, 0.1) is 6.92 Å². The molecule has 0 spiro atoms. The summed E-state index contributed by atoms with van der Waals surface area (Å²) in [5, 5.41) is 10.9. The first-order chi connectivity index (χ1) is 12.7. The van der Waals surface area contributed by atoms with Gasteiger partial charge in [0.15, 0.2) is 0 Å². The predicted octanol–water partition coefficient (Wildman–Crippen LogP) is 3.91. The fourth-order valence-electron chi connectivity index (χ4n) is 3.42. The first kappa shape index (κ1) is 20.0. The number of nitrogens with zero attached hydrogens (tertiary/aromatic N) is 1. The van der Waals surface area contributed by atoms with Crippen molar-refractivity contribution in [2.24, 2.45) is 3.77 Å². The summed E-state index contributed by atoms with van der Waals surface area (Å²) in [6.07, 6.45) is 3.72. The van der Waals surface area contributed by atoms with Crippen LogP contribution in [0.4, 0.5) is 0 Å². The van der Waals surface area contributed by atoms with E-state index in [1.165, 1.54) is 12.1 Å². The van der Waals surface area contributed by atoms with Gasteiger partial charge in [0.05, 0.1) is 26.0 Å². The molecule has 0 amide bonds. The second-order valence-corrected chi connectivity index (χ2v) is 11.3. The highest BCUT2D eigenvalue weighted by molar-refractivity contribution is 8.03. The summed E-state index contributed by atoms with van der Waals surface area (Å²) in [6, 6.07) is 14.7. The first-order valence-electron chi connectivity index (χ1n) is 9.08. The smallest absolute Gasteiger partial charge is 0.290 e. The molecule has 0 radical (unpaired) electrons. The molecule has 1 aliphatic rings. The van der Waals surface area contributed by atoms with Gasteiger partial charge in [0, 0.05) is 4.90 Å². The van der Waals surface area contributed by atoms with Crippen molar-refractivity contribution in [3.8, 4) is 0 Å². The summed E-state index contributed by atoms with van der Waals surface area (Å²) in [7, 11) is -7.48. The van der Waals surface area contributed by atoms with Crippen molar-refractivity contribution in [3.63, 3.8) is 0 Å². The van der Waals surface area contributed by atoms with Crippen molar-refractivity contribution in [2.75, 3.05) is 5.75 Å². The lowest BCUT2D eigenvalue weighted by molar-refractivity contribution is 0.0262. The van der Waals surface area contributed by atoms with Gasteiger partial charge in [-0.2, -0.15) is 8.42 Å². The van der Waals surface area contributed by atoms with Crippen LogP contribution >= 0.6 is 0 Å². The molecule has 146 valence electrons. The predicted molar refractivity (Wildman–Crippen MR) is 107 cm³/mol. The van der Waals surface area contributed by atoms with Gasteiger partial charge < -0.3 is 5.11 Å². The van der Waals surface area contributed by atoms with Crippen molar-refractivity contribution in [2.45, 2.75) is 54.4 Å². The molecule has 0 aliphatic heterocycles. The molecule has 0 saturated heterocycles. The standard InChI is InChI=1S/C20H25NO4S2/c1-17-10-12-19(13-11-17)27(24,25)21-26(23,18-8-4-2-5-9-18)16-20(22)14-6-3-7-15-20/h2,4-5,8-13,22H,3,6-7,14-16H2,1H3. The highest BCUT2D eigenvalue weighted by Gasteiger charge is 2.35. The molecule has 1 N–H and O–H groups in total. The summed E-state index contributed by atoms with van der Waals surface area (Å²) in [5.41, 5.74) is -0.230. The topological polar surface area (TPSA) is 83.8 Å². The lowest BCUT2D eigenvalue weighted by Gasteiger charge is -2.32. The van der Waals surface area contributed by atoms with Gasteiger partial charge in [0.2, 0.25) is 0 Å². The third-order valence-electron chi connectivity index (χ3n) is 4.90. The zero-order valence-electron chi connectivity index (χ0n) is 15.4. The number of rotatable bonds is 5. The lowest BCUT2D eigenvalue weighted by atomic mass is 9.86. The second-order valence-electron chi connectivity index (χ2n) is 7.25. The van der Waals surface area contributed by atoms with E-state index in [-0.39, 0.29) is 10.6 Å². The van der Waals surface area contributed by atoms with Crippen molar-refractivity contribution in [1.29, 1.82) is 0 Å². The Hall–Kier alpha value is -1.70. The number of hydrogen-bond acceptors (Lipinski definition) is 4. The molecule has 1 unspecified atom stereocenters. The fraction of sp³-hybridized carbons (Fsp3) is 0.400. The van der Waals surface area contributed by atoms with E-state index < -0.39 is 25.4 Å². The van der Waals surface area contributed by atoms with Crippen LogP contribution in [0.3, 0.4) is 0 Å². The van der Waals surface area contributed by atoms with Gasteiger partial charge in [-0.1, -0.05) is 55.2 Å². The molecule has 2 aromatic carbocycles. The first-order valence-corrected chi connectivity index (χ1v) is 12.2. The highest BCUT2D eigenvalue weighted by Crippen LogP contribution is 2.32. The molecule has 0 aromatic heterocycles. The Morgan fingerprint density at radius 1 is 0.889 bits per heavy atom. The Bertz CT molecular complexity index is 1000. The fourth-order valence-corrected chi connectivity index (χ4v) is 7.83. The average Bonchev–Trinajstić information content (AvgIpc) is 2.62. The normalized spacial score (nSPS) is 19.2. The average molecular weight is 408 g/mol. The Morgan fingerprint density at radius 3 is 2.07 bits per heavy atom. The molecule has 1 aliphatic carbocycles. The lowest BCUT2D eigenvalue weighted by Crippen LogP contribution is -2.39. The van der Waals surface area contributed by atoms with Crippen molar-refractivity contribution < 1.29 is 17.7 Å². The zero-order valence-corrected chi connectivity index (χ0v) is 17.0. The third-order valence-corrected chi connectivity index (χ3v) is 9.45. The van der Waals surface area contributed by atoms with Crippen LogP contribution < -0.4 is 0 Å². The van der Waals surface area contributed by atoms with E-state index in [9.17, 15) is 17.7 Å². The van der Waals surface area contributed by atoms with Gasteiger partial charge >= 0.3 is 0 Å². The van der Waals surface area contributed by atoms with Crippen LogP contribution in [0.2, 0.25) is 0 Å². The summed E-state index contributed by atoms with van der Waals surface area (Å²) in [4.78, 5) is 0.340. The van der Waals surface area contributed by atoms with Gasteiger partial charge in [-0.25, -0.2) is 4.21 Å². The molecule has 1 saturated carbocycles. The number of aliphatic hydroxyl groups is 1. The molecule has 27 heavy (non-hydrogen) atoms. The molecule has 7 heteroatoms. The van der Waals surface area contributed by atoms with Crippen molar-refractivity contribution in [3.05, 3.63) is 60.2 Å². The second kappa shape index (κ2) is 7.73. The molecule has 0 heterocycles. The van der Waals surface area contributed by atoms with Crippen molar-refractivity contribution >= 4 is 19.8 Å². The molecule has 1 atom stereocenters. The highest BCUT2D eigenvalue weighted by atomic mass is 32.3. The summed E-state index contributed by atoms with van der Waals surface area (Å²) >= 11 is 0. The van der Waals surface area contributed by atoms with Crippen molar-refractivity contribution in [1.82, 2.24) is 0 Å². The van der Waals surface area contributed by atoms with E-state index in [0.717, 1.165) is 24.8 Å². The summed E-state index contributed by atoms with van der Waals surface area (Å²) in [5.74, 6) is -0.172. The maximum atomic E-state index is 13.8. The number of benzene rings is 2. The Balaban J connectivity index is 2.10. The quantitative estimate of drug-likeness (QED) is 0.814. The molecule has 0 bridgehead atoms. The van der Waals surface area contributed by atoms with E-state index in [4.69, 9.17) is 0 Å². The maximum absolute atomic E-state index is 13.8. The van der Waals surface area contributed by atoms with Crippen LogP contribution in [0.15, 0.2) is 68.2 Å². The van der Waals surface area contributed by atoms with E-state index in [1.54, 1.807) is 42.5 Å². The largest absolute Gasteiger partial charge is 0.389 e. The molecular weight excluding hydrogens is 382 g/mol. The van der Waals surface area contributed by atoms with Crippen LogP contribution in [-0.2, 0) is 19.8 Å². The SMILES string of the molecule is Cc1ccc(S(=O)(=O)N=S(=O)(CC2(O)CCCCC2)c2ccccc2)cc1. The van der Waals surface area contributed by atoms with Gasteiger partial charge in [-0.05, 0) is 44.0 Å².